The molecule has 0 saturated heterocycles. The third kappa shape index (κ3) is 2.64. The first kappa shape index (κ1) is 13.3. The number of carboxylic acid groups (broad SMARTS) is 1. The summed E-state index contributed by atoms with van der Waals surface area (Å²) < 4.78 is 0. The molecule has 102 valence electrons. The van der Waals surface area contributed by atoms with Crippen molar-refractivity contribution in [3.8, 4) is 0 Å². The van der Waals surface area contributed by atoms with E-state index in [9.17, 15) is 20.0 Å². The van der Waals surface area contributed by atoms with E-state index in [1.54, 1.807) is 0 Å². The van der Waals surface area contributed by atoms with Crippen LogP contribution in [0.4, 0.5) is 11.5 Å². The van der Waals surface area contributed by atoms with Gasteiger partial charge in [-0.1, -0.05) is 19.3 Å². The summed E-state index contributed by atoms with van der Waals surface area (Å²) >= 11 is 0. The van der Waals surface area contributed by atoms with Gasteiger partial charge in [0.1, 0.15) is 5.54 Å². The van der Waals surface area contributed by atoms with Gasteiger partial charge in [0.05, 0.1) is 4.92 Å². The number of nitro groups is 1. The van der Waals surface area contributed by atoms with Crippen molar-refractivity contribution >= 4 is 17.5 Å². The van der Waals surface area contributed by atoms with Crippen LogP contribution in [0.5, 0.6) is 0 Å². The van der Waals surface area contributed by atoms with E-state index in [0.717, 1.165) is 19.3 Å². The minimum atomic E-state index is -1.14. The highest BCUT2D eigenvalue weighted by Crippen LogP contribution is 2.34. The van der Waals surface area contributed by atoms with Gasteiger partial charge in [-0.25, -0.2) is 9.78 Å². The highest BCUT2D eigenvalue weighted by Gasteiger charge is 2.41. The zero-order valence-corrected chi connectivity index (χ0v) is 10.3. The van der Waals surface area contributed by atoms with Crippen molar-refractivity contribution in [1.82, 2.24) is 4.98 Å². The van der Waals surface area contributed by atoms with Crippen LogP contribution in [0.3, 0.4) is 0 Å². The van der Waals surface area contributed by atoms with E-state index in [-0.39, 0.29) is 11.5 Å². The lowest BCUT2D eigenvalue weighted by atomic mass is 9.81. The average Bonchev–Trinajstić information content (AvgIpc) is 2.40. The Bertz CT molecular complexity index is 498. The molecule has 0 atom stereocenters. The Hall–Kier alpha value is -2.18. The summed E-state index contributed by atoms with van der Waals surface area (Å²) in [6, 6.07) is 2.77. The van der Waals surface area contributed by atoms with Gasteiger partial charge < -0.3 is 10.4 Å². The fourth-order valence-electron chi connectivity index (χ4n) is 2.41. The van der Waals surface area contributed by atoms with Gasteiger partial charge in [-0.15, -0.1) is 0 Å². The molecule has 19 heavy (non-hydrogen) atoms. The van der Waals surface area contributed by atoms with Crippen LogP contribution < -0.4 is 5.32 Å². The van der Waals surface area contributed by atoms with Crippen molar-refractivity contribution < 1.29 is 14.8 Å². The molecule has 0 radical (unpaired) electrons. The first-order chi connectivity index (χ1) is 9.05. The number of carboxylic acids is 1. The summed E-state index contributed by atoms with van der Waals surface area (Å²) in [6.07, 6.45) is 4.89. The van der Waals surface area contributed by atoms with Crippen LogP contribution in [-0.2, 0) is 4.79 Å². The molecule has 0 aliphatic heterocycles. The lowest BCUT2D eigenvalue weighted by molar-refractivity contribution is -0.384. The summed E-state index contributed by atoms with van der Waals surface area (Å²) in [7, 11) is 0. The van der Waals surface area contributed by atoms with E-state index in [1.807, 2.05) is 0 Å². The number of aromatic nitrogens is 1. The Kier molecular flexibility index (Phi) is 3.64. The highest BCUT2D eigenvalue weighted by molar-refractivity contribution is 5.83. The van der Waals surface area contributed by atoms with Crippen LogP contribution in [0, 0.1) is 10.1 Å². The molecule has 1 aromatic rings. The standard InChI is InChI=1S/C12H15N3O4/c16-11(17)12(6-2-1-3-7-12)14-10-9(15(18)19)5-4-8-13-10/h4-5,8H,1-3,6-7H2,(H,13,14)(H,16,17). The number of hydrogen-bond donors (Lipinski definition) is 2. The van der Waals surface area contributed by atoms with Gasteiger partial charge in [-0.05, 0) is 18.9 Å². The van der Waals surface area contributed by atoms with E-state index in [0.29, 0.717) is 12.8 Å². The van der Waals surface area contributed by atoms with Crippen LogP contribution in [0.2, 0.25) is 0 Å². The summed E-state index contributed by atoms with van der Waals surface area (Å²) in [6.45, 7) is 0. The van der Waals surface area contributed by atoms with E-state index in [1.165, 1.54) is 18.3 Å². The molecule has 0 bridgehead atoms. The third-order valence-corrected chi connectivity index (χ3v) is 3.46. The average molecular weight is 265 g/mol. The van der Waals surface area contributed by atoms with Crippen LogP contribution in [0.15, 0.2) is 18.3 Å². The summed E-state index contributed by atoms with van der Waals surface area (Å²) in [5.74, 6) is -0.955. The molecule has 1 heterocycles. The fraction of sp³-hybridized carbons (Fsp3) is 0.500. The number of rotatable bonds is 4. The second kappa shape index (κ2) is 5.21. The molecule has 2 rings (SSSR count). The van der Waals surface area contributed by atoms with Crippen molar-refractivity contribution in [2.75, 3.05) is 5.32 Å². The topological polar surface area (TPSA) is 105 Å². The van der Waals surface area contributed by atoms with Crippen molar-refractivity contribution in [3.63, 3.8) is 0 Å². The van der Waals surface area contributed by atoms with Crippen LogP contribution in [0.25, 0.3) is 0 Å². The zero-order chi connectivity index (χ0) is 13.9. The molecule has 0 spiro atoms. The van der Waals surface area contributed by atoms with Gasteiger partial charge in [0.2, 0.25) is 5.82 Å². The number of aliphatic carboxylic acids is 1. The summed E-state index contributed by atoms with van der Waals surface area (Å²) in [5.41, 5.74) is -1.34. The lowest BCUT2D eigenvalue weighted by Crippen LogP contribution is -2.48. The molecule has 7 nitrogen and oxygen atoms in total. The van der Waals surface area contributed by atoms with E-state index < -0.39 is 16.4 Å². The molecule has 1 fully saturated rings. The molecule has 1 saturated carbocycles. The van der Waals surface area contributed by atoms with Crippen LogP contribution in [0.1, 0.15) is 32.1 Å². The second-order valence-electron chi connectivity index (χ2n) is 4.70. The van der Waals surface area contributed by atoms with Gasteiger partial charge in [0, 0.05) is 12.3 Å². The fourth-order valence-corrected chi connectivity index (χ4v) is 2.41. The predicted octanol–water partition coefficient (Wildman–Crippen LogP) is 2.19. The molecule has 1 aliphatic rings. The van der Waals surface area contributed by atoms with Gasteiger partial charge in [-0.2, -0.15) is 0 Å². The first-order valence-electron chi connectivity index (χ1n) is 6.16. The predicted molar refractivity (Wildman–Crippen MR) is 68.0 cm³/mol. The number of pyridine rings is 1. The molecule has 1 aliphatic carbocycles. The smallest absolute Gasteiger partial charge is 0.329 e. The molecule has 1 aromatic heterocycles. The maximum atomic E-state index is 11.5. The van der Waals surface area contributed by atoms with Gasteiger partial charge in [-0.3, -0.25) is 10.1 Å². The zero-order valence-electron chi connectivity index (χ0n) is 10.3. The second-order valence-corrected chi connectivity index (χ2v) is 4.70. The van der Waals surface area contributed by atoms with E-state index >= 15 is 0 Å². The van der Waals surface area contributed by atoms with Crippen molar-refractivity contribution in [3.05, 3.63) is 28.4 Å². The molecular weight excluding hydrogens is 250 g/mol. The Balaban J connectivity index is 2.32. The first-order valence-corrected chi connectivity index (χ1v) is 6.16. The maximum Gasteiger partial charge on any atom is 0.329 e. The van der Waals surface area contributed by atoms with E-state index in [4.69, 9.17) is 0 Å². The molecule has 7 heteroatoms. The molecule has 0 unspecified atom stereocenters. The summed E-state index contributed by atoms with van der Waals surface area (Å²) in [4.78, 5) is 25.8. The number of nitrogens with zero attached hydrogens (tertiary/aromatic N) is 2. The minimum absolute atomic E-state index is 0.0248. The Morgan fingerprint density at radius 1 is 1.42 bits per heavy atom. The third-order valence-electron chi connectivity index (χ3n) is 3.46. The minimum Gasteiger partial charge on any atom is -0.480 e. The summed E-state index contributed by atoms with van der Waals surface area (Å²) in [5, 5.41) is 23.1. The SMILES string of the molecule is O=C(O)C1(Nc2ncccc2[N+](=O)[O-])CCCCC1. The van der Waals surface area contributed by atoms with Gasteiger partial charge in [0.15, 0.2) is 0 Å². The van der Waals surface area contributed by atoms with E-state index in [2.05, 4.69) is 10.3 Å². The maximum absolute atomic E-state index is 11.5. The molecule has 2 N–H and O–H groups in total. The Morgan fingerprint density at radius 3 is 2.68 bits per heavy atom. The highest BCUT2D eigenvalue weighted by atomic mass is 16.6. The monoisotopic (exact) mass is 265 g/mol. The van der Waals surface area contributed by atoms with Crippen molar-refractivity contribution in [2.24, 2.45) is 0 Å². The van der Waals surface area contributed by atoms with Gasteiger partial charge >= 0.3 is 11.7 Å². The molecular formula is C12H15N3O4. The number of anilines is 1. The normalized spacial score (nSPS) is 17.7. The molecule has 0 amide bonds. The number of carbonyl (C=O) groups is 1. The Labute approximate surface area is 109 Å². The Morgan fingerprint density at radius 2 is 2.11 bits per heavy atom. The van der Waals surface area contributed by atoms with Gasteiger partial charge in [0.25, 0.3) is 0 Å². The largest absolute Gasteiger partial charge is 0.480 e. The molecule has 0 aromatic carbocycles. The quantitative estimate of drug-likeness (QED) is 0.638. The van der Waals surface area contributed by atoms with Crippen molar-refractivity contribution in [2.45, 2.75) is 37.6 Å². The number of hydrogen-bond acceptors (Lipinski definition) is 5. The van der Waals surface area contributed by atoms with Crippen LogP contribution in [-0.4, -0.2) is 26.5 Å². The van der Waals surface area contributed by atoms with Crippen LogP contribution >= 0.6 is 0 Å². The van der Waals surface area contributed by atoms with Crippen molar-refractivity contribution in [1.29, 1.82) is 0 Å². The number of nitrogens with one attached hydrogen (secondary N) is 1. The lowest BCUT2D eigenvalue weighted by Gasteiger charge is -2.34.